The van der Waals surface area contributed by atoms with Crippen LogP contribution in [-0.2, 0) is 33.3 Å². The molecule has 0 unspecified atom stereocenters. The molecule has 0 bridgehead atoms. The highest BCUT2D eigenvalue weighted by molar-refractivity contribution is 6.34. The summed E-state index contributed by atoms with van der Waals surface area (Å²) in [5.41, 5.74) is -0.481. The zero-order chi connectivity index (χ0) is 22.7. The molecule has 2 aromatic carbocycles. The lowest BCUT2D eigenvalue weighted by Crippen LogP contribution is -2.23. The number of benzene rings is 2. The summed E-state index contributed by atoms with van der Waals surface area (Å²) in [5, 5.41) is 13.9. The van der Waals surface area contributed by atoms with E-state index in [0.29, 0.717) is 11.1 Å². The van der Waals surface area contributed by atoms with Crippen LogP contribution in [0, 0.1) is 0 Å². The first-order valence-corrected chi connectivity index (χ1v) is 8.95. The third-order valence-electron chi connectivity index (χ3n) is 4.65. The van der Waals surface area contributed by atoms with E-state index in [2.05, 4.69) is 4.99 Å². The van der Waals surface area contributed by atoms with Crippen LogP contribution in [0.3, 0.4) is 0 Å². The Morgan fingerprint density at radius 1 is 0.774 bits per heavy atom. The fourth-order valence-corrected chi connectivity index (χ4v) is 3.21. The quantitative estimate of drug-likeness (QED) is 0.175. The molecule has 9 nitrogen and oxygen atoms in total. The van der Waals surface area contributed by atoms with E-state index in [0.717, 1.165) is 39.2 Å². The van der Waals surface area contributed by atoms with Crippen molar-refractivity contribution in [2.45, 2.75) is 0 Å². The van der Waals surface area contributed by atoms with Crippen LogP contribution in [0.5, 0.6) is 0 Å². The average Bonchev–Trinajstić information content (AvgIpc) is 3.14. The first kappa shape index (κ1) is 21.6. The molecule has 0 amide bonds. The van der Waals surface area contributed by atoms with E-state index in [9.17, 15) is 19.5 Å². The molecule has 0 radical (unpaired) electrons. The molecule has 1 aliphatic rings. The van der Waals surface area contributed by atoms with Gasteiger partial charge in [0.1, 0.15) is 5.57 Å². The molecule has 3 rings (SSSR count). The van der Waals surface area contributed by atoms with E-state index in [1.165, 1.54) is 0 Å². The van der Waals surface area contributed by atoms with E-state index in [1.807, 2.05) is 24.3 Å². The van der Waals surface area contributed by atoms with Crippen LogP contribution in [0.25, 0.3) is 16.5 Å². The molecule has 2 aromatic rings. The number of methoxy groups -OCH3 is 4. The zero-order valence-corrected chi connectivity index (χ0v) is 17.2. The topological polar surface area (TPSA) is 124 Å². The summed E-state index contributed by atoms with van der Waals surface area (Å²) in [6.07, 6.45) is 0. The summed E-state index contributed by atoms with van der Waals surface area (Å²) in [7, 11) is 4.42. The number of carbonyl (C=O) groups excluding carboxylic acids is 3. The molecule has 31 heavy (non-hydrogen) atoms. The van der Waals surface area contributed by atoms with E-state index in [1.54, 1.807) is 12.1 Å². The van der Waals surface area contributed by atoms with Gasteiger partial charge in [0.15, 0.2) is 5.57 Å². The molecule has 0 saturated heterocycles. The zero-order valence-electron chi connectivity index (χ0n) is 17.2. The maximum absolute atomic E-state index is 12.4. The second kappa shape index (κ2) is 8.70. The Morgan fingerprint density at radius 3 is 1.77 bits per heavy atom. The third kappa shape index (κ3) is 3.73. The number of carbonyl (C=O) groups is 3. The molecule has 1 heterocycles. The Morgan fingerprint density at radius 2 is 1.29 bits per heavy atom. The molecule has 0 atom stereocenters. The van der Waals surface area contributed by atoms with E-state index in [-0.39, 0.29) is 11.4 Å². The molecule has 0 aliphatic carbocycles. The van der Waals surface area contributed by atoms with E-state index >= 15 is 0 Å². The van der Waals surface area contributed by atoms with Crippen LogP contribution in [0.15, 0.2) is 58.5 Å². The van der Waals surface area contributed by atoms with Crippen molar-refractivity contribution >= 4 is 40.1 Å². The predicted molar refractivity (Wildman–Crippen MR) is 107 cm³/mol. The largest absolute Gasteiger partial charge is 0.616 e. The van der Waals surface area contributed by atoms with Gasteiger partial charge in [0.2, 0.25) is 0 Å². The SMILES string of the molecule is COC(=O)C(C(=O)OC)=C1N=C(/C(C(=O)OC)=C(\[O-])OC)c2cc3ccccc3cc21. The lowest BCUT2D eigenvalue weighted by Gasteiger charge is -2.16. The standard InChI is InChI=1S/C22H19NO8/c1-28-19(24)15(20(25)29-2)17-13-9-11-7-5-6-8-12(11)10-14(13)18(23-17)16(21(26)30-3)22(27)31-4/h5-10,24H,1-4H3/p-1/b19-15-. The van der Waals surface area contributed by atoms with E-state index in [4.69, 9.17) is 18.9 Å². The number of fused-ring (bicyclic) bond motifs is 2. The molecule has 160 valence electrons. The minimum Gasteiger partial charge on any atom is -0.616 e. The summed E-state index contributed by atoms with van der Waals surface area (Å²) in [6, 6.07) is 10.7. The number of ether oxygens (including phenoxy) is 4. The van der Waals surface area contributed by atoms with Crippen LogP contribution in [0.4, 0.5) is 0 Å². The monoisotopic (exact) mass is 424 g/mol. The fourth-order valence-electron chi connectivity index (χ4n) is 3.21. The highest BCUT2D eigenvalue weighted by Gasteiger charge is 2.35. The summed E-state index contributed by atoms with van der Waals surface area (Å²) in [4.78, 5) is 41.5. The molecule has 0 N–H and O–H groups in total. The highest BCUT2D eigenvalue weighted by atomic mass is 16.6. The maximum Gasteiger partial charge on any atom is 0.347 e. The number of aliphatic imine (C=N–C) groups is 1. The first-order chi connectivity index (χ1) is 14.9. The van der Waals surface area contributed by atoms with Gasteiger partial charge in [0, 0.05) is 11.1 Å². The molecule has 0 spiro atoms. The van der Waals surface area contributed by atoms with Crippen molar-refractivity contribution in [2.75, 3.05) is 28.4 Å². The third-order valence-corrected chi connectivity index (χ3v) is 4.65. The Bertz CT molecular complexity index is 1170. The van der Waals surface area contributed by atoms with Crippen LogP contribution >= 0.6 is 0 Å². The second-order valence-electron chi connectivity index (χ2n) is 6.27. The Kier molecular flexibility index (Phi) is 6.05. The normalized spacial score (nSPS) is 13.0. The Labute approximate surface area is 177 Å². The number of hydrogen-bond donors (Lipinski definition) is 0. The first-order valence-electron chi connectivity index (χ1n) is 8.95. The van der Waals surface area contributed by atoms with Crippen LogP contribution in [0.1, 0.15) is 11.1 Å². The van der Waals surface area contributed by atoms with Crippen LogP contribution < -0.4 is 5.11 Å². The maximum atomic E-state index is 12.4. The van der Waals surface area contributed by atoms with Gasteiger partial charge >= 0.3 is 17.9 Å². The second-order valence-corrected chi connectivity index (χ2v) is 6.27. The molecule has 0 aromatic heterocycles. The van der Waals surface area contributed by atoms with Gasteiger partial charge in [0.25, 0.3) is 0 Å². The summed E-state index contributed by atoms with van der Waals surface area (Å²) < 4.78 is 18.9. The number of esters is 3. The molecular formula is C22H18NO8-. The fraction of sp³-hybridized carbons (Fsp3) is 0.182. The van der Waals surface area contributed by atoms with Gasteiger partial charge in [-0.05, 0) is 30.0 Å². The van der Waals surface area contributed by atoms with Crippen LogP contribution in [0.2, 0.25) is 0 Å². The lowest BCUT2D eigenvalue weighted by molar-refractivity contribution is -0.354. The predicted octanol–water partition coefficient (Wildman–Crippen LogP) is 1.09. The smallest absolute Gasteiger partial charge is 0.347 e. The van der Waals surface area contributed by atoms with E-state index < -0.39 is 35.0 Å². The minimum absolute atomic E-state index is 0.0974. The van der Waals surface area contributed by atoms with Gasteiger partial charge in [-0.3, -0.25) is 0 Å². The molecule has 0 saturated carbocycles. The molecule has 9 heteroatoms. The minimum atomic E-state index is -0.983. The van der Waals surface area contributed by atoms with Crippen molar-refractivity contribution in [3.63, 3.8) is 0 Å². The van der Waals surface area contributed by atoms with Crippen molar-refractivity contribution in [3.05, 3.63) is 64.6 Å². The summed E-state index contributed by atoms with van der Waals surface area (Å²) >= 11 is 0. The number of nitrogens with zero attached hydrogens (tertiary/aromatic N) is 1. The van der Waals surface area contributed by atoms with Crippen molar-refractivity contribution in [2.24, 2.45) is 4.99 Å². The van der Waals surface area contributed by atoms with Gasteiger partial charge in [-0.2, -0.15) is 0 Å². The Balaban J connectivity index is 2.46. The van der Waals surface area contributed by atoms with Crippen molar-refractivity contribution in [1.82, 2.24) is 0 Å². The van der Waals surface area contributed by atoms with Gasteiger partial charge < -0.3 is 24.1 Å². The highest BCUT2D eigenvalue weighted by Crippen LogP contribution is 2.37. The number of hydrogen-bond acceptors (Lipinski definition) is 9. The number of rotatable bonds is 5. The van der Waals surface area contributed by atoms with Gasteiger partial charge in [-0.15, -0.1) is 0 Å². The Hall–Kier alpha value is -4.14. The summed E-state index contributed by atoms with van der Waals surface area (Å²) in [6.45, 7) is 0. The van der Waals surface area contributed by atoms with Crippen molar-refractivity contribution in [3.8, 4) is 0 Å². The van der Waals surface area contributed by atoms with Gasteiger partial charge in [-0.1, -0.05) is 24.3 Å². The van der Waals surface area contributed by atoms with Gasteiger partial charge in [-0.25, -0.2) is 19.4 Å². The average molecular weight is 424 g/mol. The summed E-state index contributed by atoms with van der Waals surface area (Å²) in [5.74, 6) is -3.93. The molecule has 0 fully saturated rings. The molecular weight excluding hydrogens is 406 g/mol. The van der Waals surface area contributed by atoms with Crippen molar-refractivity contribution in [1.29, 1.82) is 0 Å². The van der Waals surface area contributed by atoms with Gasteiger partial charge in [0.05, 0.1) is 38.7 Å². The lowest BCUT2D eigenvalue weighted by atomic mass is 9.94. The van der Waals surface area contributed by atoms with Crippen LogP contribution in [-0.4, -0.2) is 52.1 Å². The molecule has 1 aliphatic heterocycles. The van der Waals surface area contributed by atoms with Crippen molar-refractivity contribution < 1.29 is 38.4 Å².